The van der Waals surface area contributed by atoms with Gasteiger partial charge in [0.25, 0.3) is 0 Å². The van der Waals surface area contributed by atoms with Crippen molar-refractivity contribution in [2.24, 2.45) is 0 Å². The van der Waals surface area contributed by atoms with Crippen LogP contribution in [0, 0.1) is 0 Å². The fourth-order valence-electron chi connectivity index (χ4n) is 0.556. The van der Waals surface area contributed by atoms with E-state index in [0.29, 0.717) is 6.42 Å². The van der Waals surface area contributed by atoms with E-state index >= 15 is 0 Å². The van der Waals surface area contributed by atoms with Crippen molar-refractivity contribution >= 4 is 20.0 Å². The molecule has 0 aliphatic heterocycles. The number of sulfonamides is 2. The molecule has 0 amide bonds. The zero-order valence-corrected chi connectivity index (χ0v) is 10.3. The van der Waals surface area contributed by atoms with Gasteiger partial charge in [-0.05, 0) is 6.42 Å². The number of unbranched alkanes of at least 4 members (excludes halogenated alkanes) is 1. The Kier molecular flexibility index (Phi) is 7.27. The Bertz CT molecular complexity index is 402. The predicted molar refractivity (Wildman–Crippen MR) is 47.0 cm³/mol. The first-order valence-corrected chi connectivity index (χ1v) is 6.85. The first-order chi connectivity index (χ1) is 6.52. The molecule has 0 aromatic heterocycles. The van der Waals surface area contributed by atoms with Gasteiger partial charge in [0.05, 0.1) is 10.0 Å². The summed E-state index contributed by atoms with van der Waals surface area (Å²) in [6.07, 6.45) is 0.458. The molecular weight excluding hydrogens is 266 g/mol. The maximum atomic E-state index is 11.7. The van der Waals surface area contributed by atoms with E-state index < -0.39 is 31.3 Å². The molecule has 0 radical (unpaired) electrons. The molecule has 0 bridgehead atoms. The summed E-state index contributed by atoms with van der Waals surface area (Å²) in [7, 11) is -10.5. The second-order valence-corrected chi connectivity index (χ2v) is 6.22. The summed E-state index contributed by atoms with van der Waals surface area (Å²) in [6.45, 7) is 1.60. The molecule has 0 unspecified atom stereocenters. The van der Waals surface area contributed by atoms with Gasteiger partial charge in [-0.15, -0.1) is 0 Å². The molecular formula is C5H9F3LiNO4S2. The average Bonchev–Trinajstić information content (AvgIpc) is 1.96. The van der Waals surface area contributed by atoms with Gasteiger partial charge in [-0.1, -0.05) is 13.3 Å². The van der Waals surface area contributed by atoms with Crippen LogP contribution < -0.4 is 18.9 Å². The van der Waals surface area contributed by atoms with E-state index in [1.54, 1.807) is 6.92 Å². The Morgan fingerprint density at radius 1 is 1.12 bits per heavy atom. The summed E-state index contributed by atoms with van der Waals surface area (Å²) in [5.41, 5.74) is -5.67. The Balaban J connectivity index is 0. The van der Waals surface area contributed by atoms with E-state index in [0.717, 1.165) is 0 Å². The molecule has 11 heteroatoms. The largest absolute Gasteiger partial charge is 1.00 e. The number of rotatable bonds is 5. The van der Waals surface area contributed by atoms with Crippen LogP contribution in [-0.2, 0) is 20.0 Å². The van der Waals surface area contributed by atoms with E-state index in [4.69, 9.17) is 0 Å². The number of hydrogen-bond donors (Lipinski definition) is 0. The molecule has 0 atom stereocenters. The van der Waals surface area contributed by atoms with Gasteiger partial charge in [0.2, 0.25) is 0 Å². The van der Waals surface area contributed by atoms with Crippen LogP contribution in [0.5, 0.6) is 0 Å². The maximum absolute atomic E-state index is 11.7. The summed E-state index contributed by atoms with van der Waals surface area (Å²) in [5.74, 6) is -0.710. The molecule has 0 aliphatic rings. The Hall–Kier alpha value is 0.247. The van der Waals surface area contributed by atoms with Crippen molar-refractivity contribution in [2.75, 3.05) is 5.75 Å². The van der Waals surface area contributed by atoms with E-state index in [9.17, 15) is 30.0 Å². The second-order valence-electron chi connectivity index (χ2n) is 2.63. The fraction of sp³-hybridized carbons (Fsp3) is 1.00. The van der Waals surface area contributed by atoms with Gasteiger partial charge < -0.3 is 4.13 Å². The summed E-state index contributed by atoms with van der Waals surface area (Å²) in [5, 5.41) is 0. The van der Waals surface area contributed by atoms with E-state index in [2.05, 4.69) is 0 Å². The Labute approximate surface area is 104 Å². The van der Waals surface area contributed by atoms with Gasteiger partial charge in [-0.25, -0.2) is 16.8 Å². The topological polar surface area (TPSA) is 82.4 Å². The van der Waals surface area contributed by atoms with Crippen LogP contribution >= 0.6 is 0 Å². The fourth-order valence-corrected chi connectivity index (χ4v) is 3.04. The number of halogens is 3. The number of nitrogens with zero attached hydrogens (tertiary/aromatic N) is 1. The Morgan fingerprint density at radius 3 is 1.88 bits per heavy atom. The van der Waals surface area contributed by atoms with Gasteiger partial charge in [0.1, 0.15) is 0 Å². The van der Waals surface area contributed by atoms with Crippen molar-refractivity contribution in [3.05, 3.63) is 4.13 Å². The van der Waals surface area contributed by atoms with Gasteiger partial charge in [-0.3, -0.25) is 0 Å². The van der Waals surface area contributed by atoms with E-state index in [-0.39, 0.29) is 25.3 Å². The summed E-state index contributed by atoms with van der Waals surface area (Å²) < 4.78 is 79.4. The SMILES string of the molecule is CCCCS(=O)(=O)[N-]S(=O)(=O)C(F)(F)F.[Li+]. The summed E-state index contributed by atoms with van der Waals surface area (Å²) in [6, 6.07) is 0. The molecule has 0 aromatic rings. The molecule has 0 rings (SSSR count). The molecule has 0 aliphatic carbocycles. The first kappa shape index (κ1) is 18.6. The standard InChI is InChI=1S/C5H9F3NO4S2.Li/c1-2-3-4-14(10,11)9-15(12,13)5(6,7)8;/h2-4H2,1H3;/q-1;+1. The third-order valence-corrected chi connectivity index (χ3v) is 4.34. The van der Waals surface area contributed by atoms with Crippen LogP contribution in [0.4, 0.5) is 13.2 Å². The zero-order chi connectivity index (χ0) is 12.3. The van der Waals surface area contributed by atoms with Crippen molar-refractivity contribution in [3.63, 3.8) is 0 Å². The van der Waals surface area contributed by atoms with Crippen LogP contribution in [0.25, 0.3) is 4.13 Å². The maximum Gasteiger partial charge on any atom is 1.00 e. The molecule has 0 N–H and O–H groups in total. The second kappa shape index (κ2) is 6.25. The quantitative estimate of drug-likeness (QED) is 0.562. The van der Waals surface area contributed by atoms with Crippen molar-refractivity contribution in [3.8, 4) is 0 Å². The molecule has 0 fully saturated rings. The van der Waals surface area contributed by atoms with Crippen molar-refractivity contribution in [2.45, 2.75) is 25.3 Å². The monoisotopic (exact) mass is 275 g/mol. The molecule has 16 heavy (non-hydrogen) atoms. The van der Waals surface area contributed by atoms with Gasteiger partial charge >= 0.3 is 24.4 Å². The van der Waals surface area contributed by atoms with E-state index in [1.807, 2.05) is 4.13 Å². The summed E-state index contributed by atoms with van der Waals surface area (Å²) >= 11 is 0. The first-order valence-electron chi connectivity index (χ1n) is 3.80. The van der Waals surface area contributed by atoms with Gasteiger partial charge in [0.15, 0.2) is 10.0 Å². The minimum Gasteiger partial charge on any atom is -0.428 e. The molecule has 0 saturated heterocycles. The Morgan fingerprint density at radius 2 is 1.56 bits per heavy atom. The molecule has 0 saturated carbocycles. The minimum atomic E-state index is -5.95. The smallest absolute Gasteiger partial charge is 0.428 e. The van der Waals surface area contributed by atoms with Gasteiger partial charge in [-0.2, -0.15) is 13.2 Å². The van der Waals surface area contributed by atoms with Crippen LogP contribution in [0.1, 0.15) is 19.8 Å². The minimum absolute atomic E-state index is 0. The third-order valence-electron chi connectivity index (χ3n) is 1.26. The van der Waals surface area contributed by atoms with Crippen LogP contribution in [0.3, 0.4) is 0 Å². The molecule has 92 valence electrons. The molecule has 0 heterocycles. The normalized spacial score (nSPS) is 13.2. The van der Waals surface area contributed by atoms with Crippen molar-refractivity contribution < 1.29 is 48.9 Å². The van der Waals surface area contributed by atoms with Crippen molar-refractivity contribution in [1.82, 2.24) is 0 Å². The van der Waals surface area contributed by atoms with E-state index in [1.165, 1.54) is 0 Å². The van der Waals surface area contributed by atoms with Gasteiger partial charge in [0, 0.05) is 5.75 Å². The number of hydrogen-bond acceptors (Lipinski definition) is 4. The summed E-state index contributed by atoms with van der Waals surface area (Å²) in [4.78, 5) is 0. The molecule has 5 nitrogen and oxygen atoms in total. The predicted octanol–water partition coefficient (Wildman–Crippen LogP) is -1.66. The average molecular weight is 275 g/mol. The molecule has 0 aromatic carbocycles. The van der Waals surface area contributed by atoms with Crippen molar-refractivity contribution in [1.29, 1.82) is 0 Å². The van der Waals surface area contributed by atoms with Crippen LogP contribution in [0.2, 0.25) is 0 Å². The van der Waals surface area contributed by atoms with Crippen LogP contribution in [-0.4, -0.2) is 28.1 Å². The number of alkyl halides is 3. The molecule has 0 spiro atoms. The zero-order valence-electron chi connectivity index (χ0n) is 8.65. The third kappa shape index (κ3) is 6.10. The van der Waals surface area contributed by atoms with Crippen LogP contribution in [0.15, 0.2) is 0 Å².